The van der Waals surface area contributed by atoms with Gasteiger partial charge >= 0.3 is 0 Å². The van der Waals surface area contributed by atoms with Crippen molar-refractivity contribution in [2.45, 2.75) is 13.0 Å². The van der Waals surface area contributed by atoms with Crippen LogP contribution >= 0.6 is 11.6 Å². The lowest BCUT2D eigenvalue weighted by atomic mass is 10.2. The minimum atomic E-state index is -0.767. The summed E-state index contributed by atoms with van der Waals surface area (Å²) >= 11 is 5.65. The monoisotopic (exact) mass is 318 g/mol. The number of carbonyl (C=O) groups excluding carboxylic acids is 1. The Balaban J connectivity index is 1.99. The minimum absolute atomic E-state index is 0.0709. The Morgan fingerprint density at radius 1 is 1.32 bits per heavy atom. The van der Waals surface area contributed by atoms with Crippen LogP contribution < -0.4 is 10.1 Å². The van der Waals surface area contributed by atoms with Gasteiger partial charge in [0.25, 0.3) is 5.91 Å². The van der Waals surface area contributed by atoms with Crippen LogP contribution in [-0.4, -0.2) is 12.0 Å². The first kappa shape index (κ1) is 15.8. The first-order valence-electron chi connectivity index (χ1n) is 6.42. The second kappa shape index (κ2) is 6.92. The number of carbonyl (C=O) groups is 1. The lowest BCUT2D eigenvalue weighted by Crippen LogP contribution is -2.30. The molecule has 22 heavy (non-hydrogen) atoms. The van der Waals surface area contributed by atoms with Crippen molar-refractivity contribution in [2.24, 2.45) is 0 Å². The summed E-state index contributed by atoms with van der Waals surface area (Å²) in [6.07, 6.45) is -0.767. The number of anilines is 1. The number of ether oxygens (including phenoxy) is 1. The molecule has 2 rings (SSSR count). The molecule has 2 aromatic rings. The third-order valence-corrected chi connectivity index (χ3v) is 3.14. The molecule has 2 aromatic carbocycles. The second-order valence-electron chi connectivity index (χ2n) is 4.51. The van der Waals surface area contributed by atoms with Crippen LogP contribution in [0.1, 0.15) is 12.5 Å². The highest BCUT2D eigenvalue weighted by molar-refractivity contribution is 6.31. The van der Waals surface area contributed by atoms with Crippen LogP contribution in [0, 0.1) is 17.1 Å². The lowest BCUT2D eigenvalue weighted by Gasteiger charge is -2.15. The number of halogens is 2. The molecule has 0 aliphatic carbocycles. The molecule has 0 fully saturated rings. The first-order chi connectivity index (χ1) is 10.5. The zero-order valence-corrected chi connectivity index (χ0v) is 12.4. The van der Waals surface area contributed by atoms with Gasteiger partial charge < -0.3 is 10.1 Å². The third kappa shape index (κ3) is 3.96. The van der Waals surface area contributed by atoms with Crippen LogP contribution in [0.3, 0.4) is 0 Å². The predicted molar refractivity (Wildman–Crippen MR) is 81.3 cm³/mol. The molecule has 0 heterocycles. The van der Waals surface area contributed by atoms with Gasteiger partial charge in [0.05, 0.1) is 16.7 Å². The van der Waals surface area contributed by atoms with Crippen LogP contribution in [0.25, 0.3) is 0 Å². The van der Waals surface area contributed by atoms with Crippen molar-refractivity contribution in [1.29, 1.82) is 5.26 Å². The average molecular weight is 319 g/mol. The molecular formula is C16H12ClFN2O2. The van der Waals surface area contributed by atoms with Crippen molar-refractivity contribution in [3.63, 3.8) is 0 Å². The van der Waals surface area contributed by atoms with E-state index >= 15 is 0 Å². The molecule has 0 saturated carbocycles. The number of nitriles is 1. The van der Waals surface area contributed by atoms with Crippen molar-refractivity contribution < 1.29 is 13.9 Å². The standard InChI is InChI=1S/C16H12ClFN2O2/c1-10(22-13-5-2-11(9-19)3-6-13)16(21)20-12-4-7-15(18)14(17)8-12/h2-8,10H,1H3,(H,20,21). The molecular weight excluding hydrogens is 307 g/mol. The van der Waals surface area contributed by atoms with Crippen molar-refractivity contribution in [3.05, 3.63) is 58.9 Å². The van der Waals surface area contributed by atoms with E-state index in [9.17, 15) is 9.18 Å². The van der Waals surface area contributed by atoms with Crippen LogP contribution in [-0.2, 0) is 4.79 Å². The van der Waals surface area contributed by atoms with Crippen LogP contribution in [0.15, 0.2) is 42.5 Å². The van der Waals surface area contributed by atoms with E-state index in [4.69, 9.17) is 21.6 Å². The van der Waals surface area contributed by atoms with E-state index < -0.39 is 17.8 Å². The quantitative estimate of drug-likeness (QED) is 0.933. The maximum atomic E-state index is 13.1. The minimum Gasteiger partial charge on any atom is -0.481 e. The van der Waals surface area contributed by atoms with Crippen molar-refractivity contribution in [2.75, 3.05) is 5.32 Å². The van der Waals surface area contributed by atoms with E-state index in [1.807, 2.05) is 6.07 Å². The molecule has 0 radical (unpaired) electrons. The number of amides is 1. The van der Waals surface area contributed by atoms with Crippen LogP contribution in [0.4, 0.5) is 10.1 Å². The highest BCUT2D eigenvalue weighted by atomic mass is 35.5. The Morgan fingerprint density at radius 3 is 2.59 bits per heavy atom. The van der Waals surface area contributed by atoms with E-state index in [1.54, 1.807) is 31.2 Å². The summed E-state index contributed by atoms with van der Waals surface area (Å²) in [5.41, 5.74) is 0.886. The number of hydrogen-bond acceptors (Lipinski definition) is 3. The molecule has 1 amide bonds. The Hall–Kier alpha value is -2.58. The van der Waals surface area contributed by atoms with Gasteiger partial charge in [0.15, 0.2) is 6.10 Å². The van der Waals surface area contributed by atoms with Crippen LogP contribution in [0.5, 0.6) is 5.75 Å². The summed E-state index contributed by atoms with van der Waals surface area (Å²) in [6.45, 7) is 1.58. The molecule has 0 saturated heterocycles. The topological polar surface area (TPSA) is 62.1 Å². The maximum absolute atomic E-state index is 13.1. The van der Waals surface area contributed by atoms with E-state index in [2.05, 4.69) is 5.32 Å². The summed E-state index contributed by atoms with van der Waals surface area (Å²) in [4.78, 5) is 12.0. The molecule has 112 valence electrons. The predicted octanol–water partition coefficient (Wildman–Crippen LogP) is 3.76. The van der Waals surface area contributed by atoms with Gasteiger partial charge in [-0.25, -0.2) is 4.39 Å². The molecule has 1 atom stereocenters. The summed E-state index contributed by atoms with van der Waals surface area (Å²) in [7, 11) is 0. The fourth-order valence-electron chi connectivity index (χ4n) is 1.68. The summed E-state index contributed by atoms with van der Waals surface area (Å²) in [5.74, 6) is -0.479. The number of rotatable bonds is 4. The molecule has 0 spiro atoms. The summed E-state index contributed by atoms with van der Waals surface area (Å²) < 4.78 is 18.5. The Kier molecular flexibility index (Phi) is 4.97. The number of hydrogen-bond donors (Lipinski definition) is 1. The van der Waals surface area contributed by atoms with Gasteiger partial charge in [-0.15, -0.1) is 0 Å². The van der Waals surface area contributed by atoms with Crippen LogP contribution in [0.2, 0.25) is 5.02 Å². The first-order valence-corrected chi connectivity index (χ1v) is 6.80. The summed E-state index contributed by atoms with van der Waals surface area (Å²) in [6, 6.07) is 12.3. The molecule has 0 aliphatic heterocycles. The lowest BCUT2D eigenvalue weighted by molar-refractivity contribution is -0.122. The summed E-state index contributed by atoms with van der Waals surface area (Å²) in [5, 5.41) is 11.2. The van der Waals surface area contributed by atoms with Crippen molar-refractivity contribution in [3.8, 4) is 11.8 Å². The smallest absolute Gasteiger partial charge is 0.265 e. The zero-order chi connectivity index (χ0) is 16.1. The molecule has 4 nitrogen and oxygen atoms in total. The van der Waals surface area contributed by atoms with E-state index in [1.165, 1.54) is 18.2 Å². The Bertz CT molecular complexity index is 726. The van der Waals surface area contributed by atoms with Crippen molar-refractivity contribution in [1.82, 2.24) is 0 Å². The molecule has 1 N–H and O–H groups in total. The van der Waals surface area contributed by atoms with Gasteiger partial charge in [-0.2, -0.15) is 5.26 Å². The number of nitrogens with one attached hydrogen (secondary N) is 1. The van der Waals surface area contributed by atoms with Gasteiger partial charge in [0.1, 0.15) is 11.6 Å². The Morgan fingerprint density at radius 2 is 2.00 bits per heavy atom. The van der Waals surface area contributed by atoms with Gasteiger partial charge in [0.2, 0.25) is 0 Å². The molecule has 0 aromatic heterocycles. The molecule has 6 heteroatoms. The zero-order valence-electron chi connectivity index (χ0n) is 11.6. The van der Waals surface area contributed by atoms with Gasteiger partial charge in [-0.3, -0.25) is 4.79 Å². The van der Waals surface area contributed by atoms with E-state index in [-0.39, 0.29) is 5.02 Å². The Labute approximate surface area is 132 Å². The molecule has 0 bridgehead atoms. The average Bonchev–Trinajstić information content (AvgIpc) is 2.51. The fourth-order valence-corrected chi connectivity index (χ4v) is 1.86. The van der Waals surface area contributed by atoms with E-state index in [0.29, 0.717) is 17.0 Å². The molecule has 0 aliphatic rings. The number of nitrogens with zero attached hydrogens (tertiary/aromatic N) is 1. The van der Waals surface area contributed by atoms with Gasteiger partial charge in [-0.05, 0) is 49.4 Å². The fraction of sp³-hybridized carbons (Fsp3) is 0.125. The third-order valence-electron chi connectivity index (χ3n) is 2.85. The number of benzene rings is 2. The largest absolute Gasteiger partial charge is 0.481 e. The molecule has 1 unspecified atom stereocenters. The highest BCUT2D eigenvalue weighted by Gasteiger charge is 2.15. The normalized spacial score (nSPS) is 11.4. The van der Waals surface area contributed by atoms with Crippen molar-refractivity contribution >= 4 is 23.2 Å². The van der Waals surface area contributed by atoms with E-state index in [0.717, 1.165) is 0 Å². The van der Waals surface area contributed by atoms with Gasteiger partial charge in [0, 0.05) is 5.69 Å². The maximum Gasteiger partial charge on any atom is 0.265 e. The van der Waals surface area contributed by atoms with Gasteiger partial charge in [-0.1, -0.05) is 11.6 Å². The highest BCUT2D eigenvalue weighted by Crippen LogP contribution is 2.20. The SMILES string of the molecule is CC(Oc1ccc(C#N)cc1)C(=O)Nc1ccc(F)c(Cl)c1. The second-order valence-corrected chi connectivity index (χ2v) is 4.92.